The topological polar surface area (TPSA) is 66.4 Å². The van der Waals surface area contributed by atoms with Crippen LogP contribution in [0.4, 0.5) is 0 Å². The smallest absolute Gasteiger partial charge is 0.726 e. The molecule has 0 aromatic rings. The molecule has 0 spiro atoms. The van der Waals surface area contributed by atoms with Crippen LogP contribution in [0.3, 0.4) is 0 Å². The van der Waals surface area contributed by atoms with Crippen LogP contribution in [0.5, 0.6) is 0 Å². The van der Waals surface area contributed by atoms with Crippen LogP contribution >= 0.6 is 0 Å². The minimum atomic E-state index is -4.47. The fourth-order valence-electron chi connectivity index (χ4n) is 0.306. The summed E-state index contributed by atoms with van der Waals surface area (Å²) in [6.07, 6.45) is 0. The third kappa shape index (κ3) is 11.5. The molecule has 4 nitrogen and oxygen atoms in total. The van der Waals surface area contributed by atoms with Crippen LogP contribution in [0.1, 0.15) is 0 Å². The van der Waals surface area contributed by atoms with Crippen molar-refractivity contribution in [2.75, 3.05) is 0 Å². The fourth-order valence-corrected chi connectivity index (χ4v) is 2.76. The van der Waals surface area contributed by atoms with E-state index in [0.717, 1.165) is 0 Å². The van der Waals surface area contributed by atoms with Crippen molar-refractivity contribution in [1.82, 2.24) is 0 Å². The first-order valence-corrected chi connectivity index (χ1v) is 7.11. The average molecular weight is 176 g/mol. The van der Waals surface area contributed by atoms with E-state index in [1.165, 1.54) is 0 Å². The minimum Gasteiger partial charge on any atom is -0.726 e. The van der Waals surface area contributed by atoms with Gasteiger partial charge in [-0.1, -0.05) is 0 Å². The van der Waals surface area contributed by atoms with Gasteiger partial charge in [0.15, 0.2) is 0 Å². The van der Waals surface area contributed by atoms with E-state index in [1.807, 2.05) is 0 Å². The predicted molar refractivity (Wildman–Crippen MR) is 34.1 cm³/mol. The Morgan fingerprint density at radius 2 is 1.60 bits per heavy atom. The van der Waals surface area contributed by atoms with E-state index in [0.29, 0.717) is 0 Å². The Kier molecular flexibility index (Phi) is 5.18. The average Bonchev–Trinajstić information content (AvgIpc) is 1.14. The van der Waals surface area contributed by atoms with Gasteiger partial charge < -0.3 is 8.42 Å². The Morgan fingerprint density at radius 3 is 1.60 bits per heavy atom. The van der Waals surface area contributed by atoms with Gasteiger partial charge in [-0.25, -0.2) is 8.42 Å². The summed E-state index contributed by atoms with van der Waals surface area (Å²) >= 11 is 0. The second-order valence-corrected chi connectivity index (χ2v) is 8.31. The number of hydrogen-bond acceptors (Lipinski definition) is 4. The summed E-state index contributed by atoms with van der Waals surface area (Å²) in [5.74, 6) is 0. The second-order valence-electron chi connectivity index (χ2n) is 2.60. The zero-order valence-corrected chi connectivity index (χ0v) is 8.36. The molecule has 0 heterocycles. The van der Waals surface area contributed by atoms with Crippen LogP contribution in [-0.4, -0.2) is 21.3 Å². The summed E-state index contributed by atoms with van der Waals surface area (Å²) in [5, 5.41) is 0. The first-order chi connectivity index (χ1) is 3.71. The molecular weight excluding hydrogens is 167 g/mol. The van der Waals surface area contributed by atoms with E-state index in [2.05, 4.69) is 3.87 Å². The molecule has 0 rings (SSSR count). The van der Waals surface area contributed by atoms with Crippen molar-refractivity contribution in [2.24, 2.45) is 0 Å². The zero-order chi connectivity index (χ0) is 7.71. The molecule has 0 saturated heterocycles. The molecule has 0 amide bonds. The molecule has 7 heteroatoms. The third-order valence-electron chi connectivity index (χ3n) is 0.352. The van der Waals surface area contributed by atoms with Crippen molar-refractivity contribution in [3.8, 4) is 0 Å². The van der Waals surface area contributed by atoms with Crippen LogP contribution in [0.15, 0.2) is 0 Å². The van der Waals surface area contributed by atoms with E-state index in [4.69, 9.17) is 0 Å². The Morgan fingerprint density at radius 1 is 1.30 bits per heavy atom. The van der Waals surface area contributed by atoms with Gasteiger partial charge >= 0.3 is 18.9 Å². The van der Waals surface area contributed by atoms with Crippen molar-refractivity contribution < 1.29 is 35.7 Å². The van der Waals surface area contributed by atoms with Gasteiger partial charge in [-0.2, -0.15) is 0 Å². The molecule has 0 radical (unpaired) electrons. The molecule has 0 aromatic carbocycles. The largest absolute Gasteiger partial charge is 1.00 e. The molecular formula is C3H9LiO4SSi. The molecule has 0 N–H and O–H groups in total. The molecule has 0 aliphatic rings. The Labute approximate surface area is 74.2 Å². The summed E-state index contributed by atoms with van der Waals surface area (Å²) in [6.45, 7) is 4.88. The Hall–Kier alpha value is 0.684. The van der Waals surface area contributed by atoms with Gasteiger partial charge in [0.2, 0.25) is 18.7 Å². The van der Waals surface area contributed by atoms with Gasteiger partial charge in [0, 0.05) is 0 Å². The molecule has 0 fully saturated rings. The van der Waals surface area contributed by atoms with Crippen LogP contribution in [0.25, 0.3) is 0 Å². The summed E-state index contributed by atoms with van der Waals surface area (Å²) in [5.41, 5.74) is 0. The van der Waals surface area contributed by atoms with Gasteiger partial charge in [-0.3, -0.25) is 0 Å². The maximum absolute atomic E-state index is 9.90. The van der Waals surface area contributed by atoms with Crippen LogP contribution < -0.4 is 18.9 Å². The molecule has 0 aliphatic heterocycles. The molecule has 0 unspecified atom stereocenters. The van der Waals surface area contributed by atoms with Crippen molar-refractivity contribution in [2.45, 2.75) is 19.6 Å². The fraction of sp³-hybridized carbons (Fsp3) is 1.00. The third-order valence-corrected chi connectivity index (χ3v) is 3.17. The molecule has 10 heavy (non-hydrogen) atoms. The Balaban J connectivity index is 0. The minimum absolute atomic E-state index is 0. The Bertz CT molecular complexity index is 181. The molecule has 0 aromatic heterocycles. The second kappa shape index (κ2) is 3.90. The SMILES string of the molecule is C[Si](C)(C)OS(=O)(=O)[O-].[Li+]. The van der Waals surface area contributed by atoms with E-state index in [9.17, 15) is 13.0 Å². The molecule has 0 atom stereocenters. The van der Waals surface area contributed by atoms with Crippen molar-refractivity contribution in [3.05, 3.63) is 0 Å². The van der Waals surface area contributed by atoms with Gasteiger partial charge in [-0.05, 0) is 19.6 Å². The normalized spacial score (nSPS) is 12.4. The van der Waals surface area contributed by atoms with Crippen LogP contribution in [0, 0.1) is 0 Å². The molecule has 0 bridgehead atoms. The maximum Gasteiger partial charge on any atom is 1.00 e. The number of rotatable bonds is 2. The van der Waals surface area contributed by atoms with Gasteiger partial charge in [-0.15, -0.1) is 0 Å². The molecule has 0 aliphatic carbocycles. The summed E-state index contributed by atoms with van der Waals surface area (Å²) in [4.78, 5) is 0. The zero-order valence-electron chi connectivity index (χ0n) is 6.54. The first kappa shape index (κ1) is 13.3. The predicted octanol–water partition coefficient (Wildman–Crippen LogP) is -2.70. The first-order valence-electron chi connectivity index (χ1n) is 2.37. The van der Waals surface area contributed by atoms with E-state index < -0.39 is 18.7 Å². The quantitative estimate of drug-likeness (QED) is 0.261. The number of hydrogen-bond donors (Lipinski definition) is 0. The summed E-state index contributed by atoms with van der Waals surface area (Å²) in [6, 6.07) is 0. The molecule has 56 valence electrons. The standard InChI is InChI=1S/C3H10O4SSi.Li/c1-9(2,3)7-8(4,5)6;/h1-3H3,(H,4,5,6);/q;+1/p-1. The monoisotopic (exact) mass is 176 g/mol. The van der Waals surface area contributed by atoms with Crippen molar-refractivity contribution >= 4 is 18.7 Å². The van der Waals surface area contributed by atoms with Gasteiger partial charge in [0.05, 0.1) is 0 Å². The van der Waals surface area contributed by atoms with E-state index in [-0.39, 0.29) is 18.9 Å². The summed E-state index contributed by atoms with van der Waals surface area (Å²) in [7, 11) is -6.66. The van der Waals surface area contributed by atoms with Gasteiger partial charge in [0.25, 0.3) is 0 Å². The van der Waals surface area contributed by atoms with Crippen LogP contribution in [-0.2, 0) is 14.3 Å². The molecule has 0 saturated carbocycles. The van der Waals surface area contributed by atoms with Gasteiger partial charge in [0.1, 0.15) is 0 Å². The van der Waals surface area contributed by atoms with E-state index in [1.54, 1.807) is 19.6 Å². The summed E-state index contributed by atoms with van der Waals surface area (Å²) < 4.78 is 33.9. The van der Waals surface area contributed by atoms with Crippen molar-refractivity contribution in [3.63, 3.8) is 0 Å². The van der Waals surface area contributed by atoms with Crippen molar-refractivity contribution in [1.29, 1.82) is 0 Å². The van der Waals surface area contributed by atoms with E-state index >= 15 is 0 Å². The maximum atomic E-state index is 9.90. The van der Waals surface area contributed by atoms with Crippen LogP contribution in [0.2, 0.25) is 19.6 Å².